The van der Waals surface area contributed by atoms with Crippen molar-refractivity contribution in [2.75, 3.05) is 12.3 Å². The number of aliphatic hydroxyl groups excluding tert-OH is 3. The van der Waals surface area contributed by atoms with Gasteiger partial charge in [0.25, 0.3) is 5.95 Å². The first-order valence-electron chi connectivity index (χ1n) is 8.33. The van der Waals surface area contributed by atoms with Crippen LogP contribution in [0.2, 0.25) is 0 Å². The molecule has 0 bridgehead atoms. The third-order valence-electron chi connectivity index (χ3n) is 4.45. The molecule has 0 spiro atoms. The molecule has 1 aliphatic rings. The number of hydrogen-bond donors (Lipinski definition) is 5. The number of hydrogen-bond acceptors (Lipinski definition) is 10. The number of ether oxygens (including phenoxy) is 1. The summed E-state index contributed by atoms with van der Waals surface area (Å²) in [5.74, 6) is -0.329. The van der Waals surface area contributed by atoms with E-state index in [1.54, 1.807) is 6.20 Å². The molecule has 1 fully saturated rings. The third-order valence-corrected chi connectivity index (χ3v) is 4.45. The van der Waals surface area contributed by atoms with E-state index in [-0.39, 0.29) is 29.4 Å². The van der Waals surface area contributed by atoms with Gasteiger partial charge in [0.2, 0.25) is 5.91 Å². The second-order valence-corrected chi connectivity index (χ2v) is 6.40. The molecule has 4 rings (SSSR count). The number of nitrogens with zero attached hydrogens (tertiary/aromatic N) is 6. The molecular formula is C15H18N8O5. The van der Waals surface area contributed by atoms with Crippen molar-refractivity contribution in [3.8, 4) is 5.95 Å². The highest BCUT2D eigenvalue weighted by atomic mass is 16.6. The predicted octanol–water partition coefficient (Wildman–Crippen LogP) is -2.77. The lowest BCUT2D eigenvalue weighted by atomic mass is 10.1. The van der Waals surface area contributed by atoms with Crippen molar-refractivity contribution in [2.45, 2.75) is 31.0 Å². The molecular weight excluding hydrogens is 372 g/mol. The van der Waals surface area contributed by atoms with E-state index in [2.05, 4.69) is 20.1 Å². The van der Waals surface area contributed by atoms with Crippen LogP contribution in [0.4, 0.5) is 5.82 Å². The summed E-state index contributed by atoms with van der Waals surface area (Å²) in [4.78, 5) is 23.7. The Kier molecular flexibility index (Phi) is 4.43. The number of primary amides is 1. The molecule has 28 heavy (non-hydrogen) atoms. The Balaban J connectivity index is 1.75. The van der Waals surface area contributed by atoms with Crippen LogP contribution in [0.5, 0.6) is 0 Å². The van der Waals surface area contributed by atoms with Gasteiger partial charge in [-0.3, -0.25) is 9.36 Å². The maximum atomic E-state index is 11.1. The molecule has 7 N–H and O–H groups in total. The van der Waals surface area contributed by atoms with E-state index >= 15 is 0 Å². The van der Waals surface area contributed by atoms with Crippen molar-refractivity contribution in [3.63, 3.8) is 0 Å². The van der Waals surface area contributed by atoms with Gasteiger partial charge in [-0.25, -0.2) is 9.67 Å². The number of aromatic nitrogens is 6. The first-order valence-corrected chi connectivity index (χ1v) is 8.33. The summed E-state index contributed by atoms with van der Waals surface area (Å²) in [5, 5.41) is 33.6. The number of carbonyl (C=O) groups excluding carboxylic acids is 1. The Morgan fingerprint density at radius 1 is 1.29 bits per heavy atom. The van der Waals surface area contributed by atoms with Gasteiger partial charge in [-0.2, -0.15) is 15.1 Å². The first-order chi connectivity index (χ1) is 13.4. The van der Waals surface area contributed by atoms with E-state index in [1.165, 1.54) is 21.8 Å². The predicted molar refractivity (Wildman–Crippen MR) is 92.8 cm³/mol. The molecule has 0 aromatic carbocycles. The largest absolute Gasteiger partial charge is 0.394 e. The average molecular weight is 390 g/mol. The van der Waals surface area contributed by atoms with E-state index < -0.39 is 37.1 Å². The zero-order chi connectivity index (χ0) is 20.0. The zero-order valence-corrected chi connectivity index (χ0v) is 14.5. The molecule has 148 valence electrons. The summed E-state index contributed by atoms with van der Waals surface area (Å²) >= 11 is 0. The fraction of sp³-hybridized carbons (Fsp3) is 0.400. The maximum absolute atomic E-state index is 11.1. The van der Waals surface area contributed by atoms with Gasteiger partial charge >= 0.3 is 0 Å². The van der Waals surface area contributed by atoms with Crippen molar-refractivity contribution in [1.29, 1.82) is 0 Å². The number of rotatable bonds is 5. The fourth-order valence-corrected chi connectivity index (χ4v) is 3.09. The van der Waals surface area contributed by atoms with Crippen LogP contribution in [0.25, 0.3) is 17.1 Å². The van der Waals surface area contributed by atoms with E-state index in [0.29, 0.717) is 5.56 Å². The highest BCUT2D eigenvalue weighted by Crippen LogP contribution is 2.32. The molecule has 3 aromatic rings. The SMILES string of the molecule is NC(=O)Cc1cnn(-c2nc(N)c3ncn(C4OC(CO)C(O)C4O)c3n2)c1. The van der Waals surface area contributed by atoms with Crippen LogP contribution in [0.1, 0.15) is 11.8 Å². The topological polar surface area (TPSA) is 200 Å². The minimum Gasteiger partial charge on any atom is -0.394 e. The zero-order valence-electron chi connectivity index (χ0n) is 14.5. The van der Waals surface area contributed by atoms with Crippen molar-refractivity contribution >= 4 is 22.9 Å². The number of nitrogens with two attached hydrogens (primary N) is 2. The summed E-state index contributed by atoms with van der Waals surface area (Å²) in [6, 6.07) is 0. The van der Waals surface area contributed by atoms with E-state index in [4.69, 9.17) is 16.2 Å². The lowest BCUT2D eigenvalue weighted by Gasteiger charge is -2.16. The van der Waals surface area contributed by atoms with Crippen LogP contribution in [0.15, 0.2) is 18.7 Å². The highest BCUT2D eigenvalue weighted by Gasteiger charge is 2.44. The van der Waals surface area contributed by atoms with Crippen molar-refractivity contribution in [1.82, 2.24) is 29.3 Å². The third kappa shape index (κ3) is 2.95. The molecule has 3 aromatic heterocycles. The minimum absolute atomic E-state index is 0.0121. The summed E-state index contributed by atoms with van der Waals surface area (Å²) in [6.45, 7) is -0.459. The molecule has 1 aliphatic heterocycles. The second-order valence-electron chi connectivity index (χ2n) is 6.40. The molecule has 1 amide bonds. The Morgan fingerprint density at radius 2 is 2.07 bits per heavy atom. The van der Waals surface area contributed by atoms with Crippen LogP contribution in [0.3, 0.4) is 0 Å². The lowest BCUT2D eigenvalue weighted by molar-refractivity contribution is -0.117. The van der Waals surface area contributed by atoms with Crippen LogP contribution in [-0.4, -0.2) is 75.4 Å². The number of nitrogen functional groups attached to an aromatic ring is 1. The Morgan fingerprint density at radius 3 is 2.75 bits per heavy atom. The average Bonchev–Trinajstić information content (AvgIpc) is 3.34. The molecule has 4 unspecified atom stereocenters. The highest BCUT2D eigenvalue weighted by molar-refractivity contribution is 5.82. The number of anilines is 1. The van der Waals surface area contributed by atoms with Crippen molar-refractivity contribution in [2.24, 2.45) is 5.73 Å². The number of carbonyl (C=O) groups is 1. The van der Waals surface area contributed by atoms with E-state index in [9.17, 15) is 20.1 Å². The Bertz CT molecular complexity index is 1030. The Hall–Kier alpha value is -3.13. The smallest absolute Gasteiger partial charge is 0.254 e. The normalized spacial score (nSPS) is 24.8. The molecule has 1 saturated heterocycles. The van der Waals surface area contributed by atoms with Gasteiger partial charge in [0.15, 0.2) is 17.7 Å². The van der Waals surface area contributed by atoms with Gasteiger partial charge in [0, 0.05) is 6.20 Å². The first kappa shape index (κ1) is 18.2. The number of fused-ring (bicyclic) bond motifs is 1. The summed E-state index contributed by atoms with van der Waals surface area (Å²) in [6.07, 6.45) is -0.189. The molecule has 13 nitrogen and oxygen atoms in total. The fourth-order valence-electron chi connectivity index (χ4n) is 3.09. The van der Waals surface area contributed by atoms with Crippen LogP contribution >= 0.6 is 0 Å². The van der Waals surface area contributed by atoms with E-state index in [0.717, 1.165) is 0 Å². The summed E-state index contributed by atoms with van der Waals surface area (Å²) < 4.78 is 8.24. The summed E-state index contributed by atoms with van der Waals surface area (Å²) in [5.41, 5.74) is 12.2. The molecule has 13 heteroatoms. The summed E-state index contributed by atoms with van der Waals surface area (Å²) in [7, 11) is 0. The van der Waals surface area contributed by atoms with Gasteiger partial charge in [-0.15, -0.1) is 0 Å². The maximum Gasteiger partial charge on any atom is 0.254 e. The number of imidazole rings is 1. The minimum atomic E-state index is -1.30. The lowest BCUT2D eigenvalue weighted by Crippen LogP contribution is -2.33. The van der Waals surface area contributed by atoms with Gasteiger partial charge in [0.05, 0.1) is 25.6 Å². The van der Waals surface area contributed by atoms with E-state index in [1.807, 2.05) is 0 Å². The molecule has 0 radical (unpaired) electrons. The quantitative estimate of drug-likeness (QED) is 0.304. The van der Waals surface area contributed by atoms with Crippen molar-refractivity contribution < 1.29 is 24.9 Å². The van der Waals surface area contributed by atoms with Crippen LogP contribution in [-0.2, 0) is 16.0 Å². The van der Waals surface area contributed by atoms with Gasteiger partial charge in [-0.1, -0.05) is 0 Å². The molecule has 0 aliphatic carbocycles. The molecule has 4 atom stereocenters. The van der Waals surface area contributed by atoms with Crippen molar-refractivity contribution in [3.05, 3.63) is 24.3 Å². The molecule has 4 heterocycles. The monoisotopic (exact) mass is 390 g/mol. The standard InChI is InChI=1S/C15H18N8O5/c16-8(25)1-6-2-19-23(3-6)15-20-12(17)9-13(21-15)22(5-18-9)14-11(27)10(26)7(4-24)28-14/h2-3,5,7,10-11,14,24,26-27H,1,4H2,(H2,16,25)(H2,17,20,21). The van der Waals surface area contributed by atoms with Crippen LogP contribution in [0, 0.1) is 0 Å². The van der Waals surface area contributed by atoms with Gasteiger partial charge in [-0.05, 0) is 5.56 Å². The van der Waals surface area contributed by atoms with Crippen LogP contribution < -0.4 is 11.5 Å². The van der Waals surface area contributed by atoms with Gasteiger partial charge < -0.3 is 31.5 Å². The van der Waals surface area contributed by atoms with Gasteiger partial charge in [0.1, 0.15) is 23.8 Å². The Labute approximate surface area is 157 Å². The second kappa shape index (κ2) is 6.79. The number of aliphatic hydroxyl groups is 3. The molecule has 0 saturated carbocycles. The number of amides is 1.